The average molecular weight is 357 g/mol. The first-order valence-corrected chi connectivity index (χ1v) is 9.53. The van der Waals surface area contributed by atoms with Crippen LogP contribution in [-0.4, -0.2) is 7.05 Å². The molecule has 0 radical (unpaired) electrons. The number of para-hydroxylation sites is 2. The Labute approximate surface area is 161 Å². The number of hydrogen-bond donors (Lipinski definition) is 0. The lowest BCUT2D eigenvalue weighted by Gasteiger charge is -2.22. The third-order valence-corrected chi connectivity index (χ3v) is 5.39. The van der Waals surface area contributed by atoms with Gasteiger partial charge in [0, 0.05) is 29.1 Å². The van der Waals surface area contributed by atoms with E-state index in [1.54, 1.807) is 0 Å². The van der Waals surface area contributed by atoms with E-state index in [0.717, 1.165) is 16.9 Å². The van der Waals surface area contributed by atoms with Gasteiger partial charge in [-0.1, -0.05) is 68.8 Å². The van der Waals surface area contributed by atoms with Crippen LogP contribution in [0.2, 0.25) is 0 Å². The van der Waals surface area contributed by atoms with Gasteiger partial charge < -0.3 is 9.32 Å². The highest BCUT2D eigenvalue weighted by Gasteiger charge is 2.22. The summed E-state index contributed by atoms with van der Waals surface area (Å²) >= 11 is 0. The molecule has 0 aliphatic carbocycles. The summed E-state index contributed by atoms with van der Waals surface area (Å²) in [6.45, 7) is 11.0. The molecule has 1 aromatic heterocycles. The minimum Gasteiger partial charge on any atom is -0.454 e. The largest absolute Gasteiger partial charge is 0.454 e. The molecular weight excluding hydrogens is 330 g/mol. The van der Waals surface area contributed by atoms with Gasteiger partial charge in [0.2, 0.25) is 0 Å². The monoisotopic (exact) mass is 357 g/mol. The van der Waals surface area contributed by atoms with Crippen LogP contribution in [0.1, 0.15) is 37.5 Å². The quantitative estimate of drug-likeness (QED) is 0.375. The van der Waals surface area contributed by atoms with Gasteiger partial charge in [-0.2, -0.15) is 0 Å². The molecule has 4 rings (SSSR count). The second-order valence-electron chi connectivity index (χ2n) is 8.54. The molecule has 0 aliphatic heterocycles. The molecule has 27 heavy (non-hydrogen) atoms. The lowest BCUT2D eigenvalue weighted by Crippen LogP contribution is -2.11. The molecule has 2 nitrogen and oxygen atoms in total. The molecule has 4 aromatic rings. The summed E-state index contributed by atoms with van der Waals surface area (Å²) in [6.07, 6.45) is 0. The van der Waals surface area contributed by atoms with E-state index in [4.69, 9.17) is 4.42 Å². The number of rotatable bonds is 2. The SMILES string of the molecule is Cc1ccc(N(C)c2cccc3c2oc2c(C(C)(C)C)cccc23)c(C)c1. The summed E-state index contributed by atoms with van der Waals surface area (Å²) in [7, 11) is 2.12. The van der Waals surface area contributed by atoms with Crippen LogP contribution in [0.5, 0.6) is 0 Å². The Morgan fingerprint density at radius 1 is 0.778 bits per heavy atom. The van der Waals surface area contributed by atoms with Crippen LogP contribution in [0.25, 0.3) is 21.9 Å². The second kappa shape index (κ2) is 6.16. The Balaban J connectivity index is 1.97. The van der Waals surface area contributed by atoms with E-state index in [1.807, 2.05) is 0 Å². The van der Waals surface area contributed by atoms with Gasteiger partial charge in [0.05, 0.1) is 5.69 Å². The second-order valence-corrected chi connectivity index (χ2v) is 8.54. The van der Waals surface area contributed by atoms with Gasteiger partial charge in [0.15, 0.2) is 5.58 Å². The van der Waals surface area contributed by atoms with Crippen molar-refractivity contribution in [2.45, 2.75) is 40.0 Å². The summed E-state index contributed by atoms with van der Waals surface area (Å²) in [4.78, 5) is 2.23. The summed E-state index contributed by atoms with van der Waals surface area (Å²) in [5.74, 6) is 0. The number of hydrogen-bond acceptors (Lipinski definition) is 2. The highest BCUT2D eigenvalue weighted by Crippen LogP contribution is 2.41. The lowest BCUT2D eigenvalue weighted by atomic mass is 9.86. The molecule has 0 bridgehead atoms. The van der Waals surface area contributed by atoms with Gasteiger partial charge in [0.25, 0.3) is 0 Å². The maximum Gasteiger partial charge on any atom is 0.159 e. The van der Waals surface area contributed by atoms with Crippen molar-refractivity contribution in [3.05, 3.63) is 71.3 Å². The van der Waals surface area contributed by atoms with E-state index in [1.165, 1.54) is 33.2 Å². The fourth-order valence-electron chi connectivity index (χ4n) is 3.97. The molecule has 0 fully saturated rings. The number of fused-ring (bicyclic) bond motifs is 3. The summed E-state index contributed by atoms with van der Waals surface area (Å²) in [5.41, 5.74) is 8.07. The summed E-state index contributed by atoms with van der Waals surface area (Å²) in [5, 5.41) is 2.36. The van der Waals surface area contributed by atoms with E-state index in [-0.39, 0.29) is 5.41 Å². The van der Waals surface area contributed by atoms with Gasteiger partial charge in [0.1, 0.15) is 5.58 Å². The van der Waals surface area contributed by atoms with Gasteiger partial charge in [-0.05, 0) is 37.0 Å². The zero-order chi connectivity index (χ0) is 19.3. The molecule has 0 N–H and O–H groups in total. The van der Waals surface area contributed by atoms with Crippen molar-refractivity contribution in [3.63, 3.8) is 0 Å². The normalized spacial score (nSPS) is 12.1. The summed E-state index contributed by atoms with van der Waals surface area (Å²) < 4.78 is 6.51. The van der Waals surface area contributed by atoms with Crippen LogP contribution >= 0.6 is 0 Å². The van der Waals surface area contributed by atoms with Gasteiger partial charge in [-0.3, -0.25) is 0 Å². The van der Waals surface area contributed by atoms with E-state index >= 15 is 0 Å². The maximum absolute atomic E-state index is 6.51. The molecule has 0 atom stereocenters. The van der Waals surface area contributed by atoms with Crippen molar-refractivity contribution in [3.8, 4) is 0 Å². The number of nitrogens with zero attached hydrogens (tertiary/aromatic N) is 1. The Morgan fingerprint density at radius 2 is 1.44 bits per heavy atom. The zero-order valence-electron chi connectivity index (χ0n) is 17.1. The first-order chi connectivity index (χ1) is 12.8. The molecule has 0 spiro atoms. The molecule has 138 valence electrons. The van der Waals surface area contributed by atoms with E-state index in [9.17, 15) is 0 Å². The Kier molecular flexibility index (Phi) is 4.03. The molecule has 3 aromatic carbocycles. The van der Waals surface area contributed by atoms with E-state index in [2.05, 4.69) is 101 Å². The highest BCUT2D eigenvalue weighted by molar-refractivity contribution is 6.10. The standard InChI is InChI=1S/C25H27NO/c1-16-13-14-21(17(2)15-16)26(6)22-12-8-10-19-18-9-7-11-20(25(3,4)5)23(18)27-24(19)22/h7-15H,1-6H3. The van der Waals surface area contributed by atoms with E-state index < -0.39 is 0 Å². The highest BCUT2D eigenvalue weighted by atomic mass is 16.3. The van der Waals surface area contributed by atoms with Crippen molar-refractivity contribution < 1.29 is 4.42 Å². The van der Waals surface area contributed by atoms with Crippen molar-refractivity contribution in [1.29, 1.82) is 0 Å². The fourth-order valence-corrected chi connectivity index (χ4v) is 3.97. The Bertz CT molecular complexity index is 1140. The molecule has 0 saturated carbocycles. The van der Waals surface area contributed by atoms with Crippen LogP contribution in [0.15, 0.2) is 59.0 Å². The predicted molar refractivity (Wildman–Crippen MR) is 116 cm³/mol. The number of anilines is 2. The summed E-state index contributed by atoms with van der Waals surface area (Å²) in [6, 6.07) is 19.5. The molecule has 0 unspecified atom stereocenters. The van der Waals surface area contributed by atoms with Gasteiger partial charge >= 0.3 is 0 Å². The van der Waals surface area contributed by atoms with Crippen molar-refractivity contribution in [2.24, 2.45) is 0 Å². The predicted octanol–water partition coefficient (Wildman–Crippen LogP) is 7.27. The minimum atomic E-state index is 0.0347. The first kappa shape index (κ1) is 17.7. The Hall–Kier alpha value is -2.74. The lowest BCUT2D eigenvalue weighted by molar-refractivity contribution is 0.573. The zero-order valence-corrected chi connectivity index (χ0v) is 17.1. The topological polar surface area (TPSA) is 16.4 Å². The van der Waals surface area contributed by atoms with Crippen LogP contribution < -0.4 is 4.90 Å². The van der Waals surface area contributed by atoms with Crippen molar-refractivity contribution in [1.82, 2.24) is 0 Å². The van der Waals surface area contributed by atoms with Crippen LogP contribution in [0, 0.1) is 13.8 Å². The number of furan rings is 1. The van der Waals surface area contributed by atoms with Crippen molar-refractivity contribution in [2.75, 3.05) is 11.9 Å². The number of aryl methyl sites for hydroxylation is 2. The third kappa shape index (κ3) is 2.90. The minimum absolute atomic E-state index is 0.0347. The maximum atomic E-state index is 6.51. The van der Waals surface area contributed by atoms with E-state index in [0.29, 0.717) is 0 Å². The smallest absolute Gasteiger partial charge is 0.159 e. The van der Waals surface area contributed by atoms with Crippen LogP contribution in [0.3, 0.4) is 0 Å². The molecule has 0 amide bonds. The molecular formula is C25H27NO. The average Bonchev–Trinajstić information content (AvgIpc) is 2.99. The fraction of sp³-hybridized carbons (Fsp3) is 0.280. The first-order valence-electron chi connectivity index (χ1n) is 9.53. The Morgan fingerprint density at radius 3 is 2.11 bits per heavy atom. The van der Waals surface area contributed by atoms with Crippen LogP contribution in [0.4, 0.5) is 11.4 Å². The van der Waals surface area contributed by atoms with Crippen LogP contribution in [-0.2, 0) is 5.41 Å². The van der Waals surface area contributed by atoms with Gasteiger partial charge in [-0.15, -0.1) is 0 Å². The molecule has 2 heteroatoms. The molecule has 0 saturated heterocycles. The number of benzene rings is 3. The molecule has 0 aliphatic rings. The van der Waals surface area contributed by atoms with Gasteiger partial charge in [-0.25, -0.2) is 0 Å². The molecule has 1 heterocycles. The third-order valence-electron chi connectivity index (χ3n) is 5.39. The van der Waals surface area contributed by atoms with Crippen molar-refractivity contribution >= 4 is 33.3 Å².